The van der Waals surface area contributed by atoms with Gasteiger partial charge in [-0.1, -0.05) is 12.8 Å². The lowest BCUT2D eigenvalue weighted by atomic mass is 10.2. The Morgan fingerprint density at radius 3 is 2.71 bits per heavy atom. The fourth-order valence-electron chi connectivity index (χ4n) is 2.21. The fraction of sp³-hybridized carbons (Fsp3) is 0.615. The van der Waals surface area contributed by atoms with E-state index in [-0.39, 0.29) is 0 Å². The normalized spacial score (nSPS) is 16.1. The Hall–Kier alpha value is -0.610. The van der Waals surface area contributed by atoms with Crippen LogP contribution in [0.1, 0.15) is 41.0 Å². The summed E-state index contributed by atoms with van der Waals surface area (Å²) in [7, 11) is 0. The van der Waals surface area contributed by atoms with Crippen LogP contribution in [0.25, 0.3) is 0 Å². The molecule has 0 spiro atoms. The summed E-state index contributed by atoms with van der Waals surface area (Å²) in [4.78, 5) is 2.76. The molecule has 0 radical (unpaired) electrons. The summed E-state index contributed by atoms with van der Waals surface area (Å²) in [5, 5.41) is 7.50. The average Bonchev–Trinajstić information content (AvgIpc) is 2.87. The zero-order valence-corrected chi connectivity index (χ0v) is 12.1. The Bertz CT molecular complexity index is 373. The molecule has 0 atom stereocenters. The minimum atomic E-state index is 0.599. The topological polar surface area (TPSA) is 24.1 Å². The van der Waals surface area contributed by atoms with E-state index in [1.165, 1.54) is 41.0 Å². The first-order valence-corrected chi connectivity index (χ1v) is 7.48. The highest BCUT2D eigenvalue weighted by molar-refractivity contribution is 7.80. The lowest BCUT2D eigenvalue weighted by molar-refractivity contribution is 0.621. The van der Waals surface area contributed by atoms with Gasteiger partial charge in [0.2, 0.25) is 0 Å². The van der Waals surface area contributed by atoms with Gasteiger partial charge in [0, 0.05) is 15.8 Å². The number of rotatable bonds is 3. The number of hydrogen-bond donors (Lipinski definition) is 2. The van der Waals surface area contributed by atoms with Gasteiger partial charge in [-0.25, -0.2) is 0 Å². The maximum Gasteiger partial charge on any atom is 0.166 e. The Morgan fingerprint density at radius 1 is 1.41 bits per heavy atom. The van der Waals surface area contributed by atoms with Crippen molar-refractivity contribution in [2.45, 2.75) is 52.1 Å². The Kier molecular flexibility index (Phi) is 4.40. The van der Waals surface area contributed by atoms with E-state index in [2.05, 4.69) is 30.5 Å². The van der Waals surface area contributed by atoms with E-state index >= 15 is 0 Å². The molecular formula is C13H20N2S2. The molecule has 2 rings (SSSR count). The summed E-state index contributed by atoms with van der Waals surface area (Å²) in [6.45, 7) is 5.17. The van der Waals surface area contributed by atoms with E-state index in [1.807, 2.05) is 11.3 Å². The van der Waals surface area contributed by atoms with Crippen LogP contribution in [0.3, 0.4) is 0 Å². The zero-order valence-electron chi connectivity index (χ0n) is 10.5. The van der Waals surface area contributed by atoms with E-state index in [4.69, 9.17) is 12.2 Å². The summed E-state index contributed by atoms with van der Waals surface area (Å²) in [5.74, 6) is 0. The quantitative estimate of drug-likeness (QED) is 0.823. The van der Waals surface area contributed by atoms with E-state index in [0.29, 0.717) is 6.04 Å². The first kappa shape index (κ1) is 12.8. The van der Waals surface area contributed by atoms with Crippen molar-refractivity contribution >= 4 is 28.7 Å². The van der Waals surface area contributed by atoms with Crippen molar-refractivity contribution in [3.63, 3.8) is 0 Å². The zero-order chi connectivity index (χ0) is 12.3. The lowest BCUT2D eigenvalue weighted by Gasteiger charge is -2.15. The average molecular weight is 268 g/mol. The van der Waals surface area contributed by atoms with Gasteiger partial charge in [-0.2, -0.15) is 0 Å². The smallest absolute Gasteiger partial charge is 0.166 e. The summed E-state index contributed by atoms with van der Waals surface area (Å²) in [5.41, 5.74) is 1.38. The van der Waals surface area contributed by atoms with Crippen molar-refractivity contribution in [1.29, 1.82) is 0 Å². The van der Waals surface area contributed by atoms with Crippen molar-refractivity contribution in [1.82, 2.24) is 10.6 Å². The molecule has 1 heterocycles. The number of nitrogens with one attached hydrogen (secondary N) is 2. The Morgan fingerprint density at radius 2 is 2.12 bits per heavy atom. The molecule has 1 aliphatic carbocycles. The molecule has 0 unspecified atom stereocenters. The van der Waals surface area contributed by atoms with E-state index < -0.39 is 0 Å². The molecular weight excluding hydrogens is 248 g/mol. The number of thiocarbonyl (C=S) groups is 1. The summed E-state index contributed by atoms with van der Waals surface area (Å²) < 4.78 is 0. The second-order valence-electron chi connectivity index (χ2n) is 4.76. The van der Waals surface area contributed by atoms with Crippen molar-refractivity contribution in [2.75, 3.05) is 0 Å². The van der Waals surface area contributed by atoms with Gasteiger partial charge in [-0.05, 0) is 50.5 Å². The Labute approximate surface area is 113 Å². The predicted octanol–water partition coefficient (Wildman–Crippen LogP) is 3.27. The molecule has 1 fully saturated rings. The molecule has 0 aliphatic heterocycles. The molecule has 1 aromatic heterocycles. The number of aryl methyl sites for hydroxylation is 2. The summed E-state index contributed by atoms with van der Waals surface area (Å²) in [6, 6.07) is 2.84. The molecule has 0 aromatic carbocycles. The first-order valence-electron chi connectivity index (χ1n) is 6.25. The van der Waals surface area contributed by atoms with Crippen molar-refractivity contribution in [3.8, 4) is 0 Å². The van der Waals surface area contributed by atoms with Crippen LogP contribution in [0.15, 0.2) is 6.07 Å². The van der Waals surface area contributed by atoms with Crippen LogP contribution in [0.4, 0.5) is 0 Å². The molecule has 0 bridgehead atoms. The van der Waals surface area contributed by atoms with Gasteiger partial charge in [-0.15, -0.1) is 11.3 Å². The number of hydrogen-bond acceptors (Lipinski definition) is 2. The van der Waals surface area contributed by atoms with Gasteiger partial charge in [0.15, 0.2) is 5.11 Å². The van der Waals surface area contributed by atoms with Gasteiger partial charge in [0.1, 0.15) is 0 Å². The molecule has 94 valence electrons. The molecule has 0 amide bonds. The van der Waals surface area contributed by atoms with Crippen LogP contribution in [0.2, 0.25) is 0 Å². The van der Waals surface area contributed by atoms with Crippen LogP contribution >= 0.6 is 23.6 Å². The monoisotopic (exact) mass is 268 g/mol. The third kappa shape index (κ3) is 3.68. The molecule has 0 saturated heterocycles. The van der Waals surface area contributed by atoms with Crippen molar-refractivity contribution in [3.05, 3.63) is 21.4 Å². The number of thiophene rings is 1. The minimum Gasteiger partial charge on any atom is -0.360 e. The van der Waals surface area contributed by atoms with Crippen LogP contribution in [0.5, 0.6) is 0 Å². The third-order valence-corrected chi connectivity index (χ3v) is 4.75. The second kappa shape index (κ2) is 5.83. The summed E-state index contributed by atoms with van der Waals surface area (Å²) >= 11 is 7.16. The van der Waals surface area contributed by atoms with Crippen LogP contribution in [-0.2, 0) is 6.54 Å². The van der Waals surface area contributed by atoms with E-state index in [0.717, 1.165) is 11.7 Å². The van der Waals surface area contributed by atoms with Gasteiger partial charge >= 0.3 is 0 Å². The van der Waals surface area contributed by atoms with Gasteiger partial charge < -0.3 is 10.6 Å². The first-order chi connectivity index (χ1) is 8.15. The van der Waals surface area contributed by atoms with Gasteiger partial charge in [-0.3, -0.25) is 0 Å². The van der Waals surface area contributed by atoms with Crippen molar-refractivity contribution < 1.29 is 0 Å². The highest BCUT2D eigenvalue weighted by atomic mass is 32.1. The largest absolute Gasteiger partial charge is 0.360 e. The molecule has 1 aromatic rings. The maximum atomic E-state index is 5.31. The molecule has 4 heteroatoms. The standard InChI is InChI=1S/C13H20N2S2/c1-9-7-12(17-10(9)2)8-14-13(16)15-11-5-3-4-6-11/h7,11H,3-6,8H2,1-2H3,(H2,14,15,16). The highest BCUT2D eigenvalue weighted by Gasteiger charge is 2.15. The lowest BCUT2D eigenvalue weighted by Crippen LogP contribution is -2.40. The summed E-state index contributed by atoms with van der Waals surface area (Å²) in [6.07, 6.45) is 5.20. The minimum absolute atomic E-state index is 0.599. The van der Waals surface area contributed by atoms with E-state index in [9.17, 15) is 0 Å². The molecule has 2 nitrogen and oxygen atoms in total. The molecule has 1 aliphatic rings. The predicted molar refractivity (Wildman–Crippen MR) is 78.6 cm³/mol. The van der Waals surface area contributed by atoms with Crippen LogP contribution in [0, 0.1) is 13.8 Å². The van der Waals surface area contributed by atoms with E-state index in [1.54, 1.807) is 0 Å². The van der Waals surface area contributed by atoms with Gasteiger partial charge in [0.05, 0.1) is 6.54 Å². The fourth-order valence-corrected chi connectivity index (χ4v) is 3.44. The van der Waals surface area contributed by atoms with Crippen LogP contribution in [-0.4, -0.2) is 11.2 Å². The highest BCUT2D eigenvalue weighted by Crippen LogP contribution is 2.20. The Balaban J connectivity index is 1.75. The van der Waals surface area contributed by atoms with Crippen LogP contribution < -0.4 is 10.6 Å². The van der Waals surface area contributed by atoms with Crippen molar-refractivity contribution in [2.24, 2.45) is 0 Å². The molecule has 1 saturated carbocycles. The SMILES string of the molecule is Cc1cc(CNC(=S)NC2CCCC2)sc1C. The molecule has 17 heavy (non-hydrogen) atoms. The molecule has 2 N–H and O–H groups in total. The third-order valence-electron chi connectivity index (χ3n) is 3.33. The second-order valence-corrected chi connectivity index (χ2v) is 6.51. The van der Waals surface area contributed by atoms with Gasteiger partial charge in [0.25, 0.3) is 0 Å². The maximum absolute atomic E-state index is 5.31.